The number of aliphatic hydroxyl groups is 1. The first kappa shape index (κ1) is 11.7. The average Bonchev–Trinajstić information content (AvgIpc) is 2.25. The summed E-state index contributed by atoms with van der Waals surface area (Å²) in [4.78, 5) is 0. The van der Waals surface area contributed by atoms with E-state index in [2.05, 4.69) is 22.6 Å². The molecular formula is C10H13IO3. The number of rotatable bonds is 5. The molecule has 1 aromatic carbocycles. The van der Waals surface area contributed by atoms with Crippen LogP contribution in [0.1, 0.15) is 9.67 Å². The van der Waals surface area contributed by atoms with Crippen LogP contribution in [-0.4, -0.2) is 25.4 Å². The van der Waals surface area contributed by atoms with Crippen LogP contribution >= 0.6 is 22.6 Å². The predicted octanol–water partition coefficient (Wildman–Crippen LogP) is 2.14. The van der Waals surface area contributed by atoms with Crippen molar-refractivity contribution in [3.63, 3.8) is 0 Å². The molecule has 3 nitrogen and oxygen atoms in total. The minimum absolute atomic E-state index is 0.0364. The van der Waals surface area contributed by atoms with Crippen molar-refractivity contribution in [2.75, 3.05) is 20.3 Å². The number of methoxy groups -OCH3 is 1. The van der Waals surface area contributed by atoms with E-state index < -0.39 is 0 Å². The molecule has 0 spiro atoms. The van der Waals surface area contributed by atoms with Crippen molar-refractivity contribution in [1.29, 1.82) is 0 Å². The van der Waals surface area contributed by atoms with Crippen LogP contribution in [0, 0.1) is 0 Å². The van der Waals surface area contributed by atoms with Crippen molar-refractivity contribution in [1.82, 2.24) is 0 Å². The second kappa shape index (κ2) is 6.21. The Morgan fingerprint density at radius 3 is 2.79 bits per heavy atom. The smallest absolute Gasteiger partial charge is 0.137 e. The van der Waals surface area contributed by atoms with Crippen LogP contribution in [0.25, 0.3) is 0 Å². The van der Waals surface area contributed by atoms with E-state index in [9.17, 15) is 0 Å². The molecule has 0 radical (unpaired) electrons. The zero-order chi connectivity index (χ0) is 10.4. The van der Waals surface area contributed by atoms with Gasteiger partial charge in [0.2, 0.25) is 0 Å². The largest absolute Gasteiger partial charge is 0.496 e. The molecule has 1 atom stereocenters. The minimum Gasteiger partial charge on any atom is -0.496 e. The van der Waals surface area contributed by atoms with Crippen LogP contribution < -0.4 is 4.74 Å². The van der Waals surface area contributed by atoms with Gasteiger partial charge in [-0.25, -0.2) is 0 Å². The Kier molecular flexibility index (Phi) is 5.21. The van der Waals surface area contributed by atoms with E-state index in [1.807, 2.05) is 24.3 Å². The molecule has 0 aliphatic carbocycles. The zero-order valence-electron chi connectivity index (χ0n) is 7.94. The Labute approximate surface area is 97.2 Å². The Balaban J connectivity index is 2.72. The summed E-state index contributed by atoms with van der Waals surface area (Å²) in [6.45, 7) is 0.375. The molecule has 0 bridgehead atoms. The number of halogens is 1. The summed E-state index contributed by atoms with van der Waals surface area (Å²) in [6.07, 6.45) is 0. The average molecular weight is 308 g/mol. The molecule has 0 saturated carbocycles. The monoisotopic (exact) mass is 308 g/mol. The number of hydrogen-bond acceptors (Lipinski definition) is 3. The highest BCUT2D eigenvalue weighted by Gasteiger charge is 2.11. The molecule has 1 N–H and O–H groups in total. The topological polar surface area (TPSA) is 38.7 Å². The van der Waals surface area contributed by atoms with Crippen molar-refractivity contribution in [2.24, 2.45) is 0 Å². The molecule has 0 amide bonds. The van der Waals surface area contributed by atoms with Gasteiger partial charge in [-0.15, -0.1) is 0 Å². The summed E-state index contributed by atoms with van der Waals surface area (Å²) in [7, 11) is 1.63. The third-order valence-corrected chi connectivity index (χ3v) is 2.77. The lowest BCUT2D eigenvalue weighted by Crippen LogP contribution is -2.03. The maximum atomic E-state index is 8.63. The molecule has 14 heavy (non-hydrogen) atoms. The van der Waals surface area contributed by atoms with Crippen molar-refractivity contribution < 1.29 is 14.6 Å². The Hall–Kier alpha value is -0.330. The quantitative estimate of drug-likeness (QED) is 0.669. The van der Waals surface area contributed by atoms with Gasteiger partial charge in [-0.05, 0) is 28.7 Å². The molecule has 4 heteroatoms. The SMILES string of the molecule is COc1ccccc1C(I)OCCO. The Bertz CT molecular complexity index is 278. The number of para-hydroxylation sites is 1. The fourth-order valence-electron chi connectivity index (χ4n) is 1.10. The van der Waals surface area contributed by atoms with E-state index in [1.54, 1.807) is 7.11 Å². The lowest BCUT2D eigenvalue weighted by atomic mass is 10.2. The van der Waals surface area contributed by atoms with Crippen molar-refractivity contribution in [3.05, 3.63) is 29.8 Å². The van der Waals surface area contributed by atoms with Crippen molar-refractivity contribution >= 4 is 22.6 Å². The van der Waals surface area contributed by atoms with Gasteiger partial charge in [0, 0.05) is 5.56 Å². The van der Waals surface area contributed by atoms with Crippen LogP contribution in [0.2, 0.25) is 0 Å². The Morgan fingerprint density at radius 1 is 1.43 bits per heavy atom. The Morgan fingerprint density at radius 2 is 2.14 bits per heavy atom. The van der Waals surface area contributed by atoms with Crippen LogP contribution in [0.5, 0.6) is 5.75 Å². The van der Waals surface area contributed by atoms with Gasteiger partial charge in [0.25, 0.3) is 0 Å². The standard InChI is InChI=1S/C10H13IO3/c1-13-9-5-3-2-4-8(9)10(11)14-7-6-12/h2-5,10,12H,6-7H2,1H3. The second-order valence-electron chi connectivity index (χ2n) is 2.65. The summed E-state index contributed by atoms with van der Waals surface area (Å²) in [6, 6.07) is 7.69. The van der Waals surface area contributed by atoms with E-state index in [0.29, 0.717) is 6.61 Å². The zero-order valence-corrected chi connectivity index (χ0v) is 10.1. The third kappa shape index (κ3) is 3.11. The highest BCUT2D eigenvalue weighted by molar-refractivity contribution is 14.1. The van der Waals surface area contributed by atoms with Gasteiger partial charge >= 0.3 is 0 Å². The van der Waals surface area contributed by atoms with E-state index in [-0.39, 0.29) is 10.7 Å². The second-order valence-corrected chi connectivity index (χ2v) is 3.78. The molecule has 0 heterocycles. The lowest BCUT2D eigenvalue weighted by molar-refractivity contribution is 0.0830. The van der Waals surface area contributed by atoms with Crippen LogP contribution in [0.3, 0.4) is 0 Å². The fraction of sp³-hybridized carbons (Fsp3) is 0.400. The molecule has 1 aromatic rings. The predicted molar refractivity (Wildman–Crippen MR) is 62.8 cm³/mol. The number of hydrogen-bond donors (Lipinski definition) is 1. The molecular weight excluding hydrogens is 295 g/mol. The number of benzene rings is 1. The van der Waals surface area contributed by atoms with Crippen LogP contribution in [0.4, 0.5) is 0 Å². The molecule has 0 aliphatic rings. The minimum atomic E-state index is -0.0871. The first-order chi connectivity index (χ1) is 6.79. The summed E-state index contributed by atoms with van der Waals surface area (Å²) in [5, 5.41) is 8.63. The van der Waals surface area contributed by atoms with Crippen molar-refractivity contribution in [3.8, 4) is 5.75 Å². The van der Waals surface area contributed by atoms with Gasteiger partial charge in [-0.2, -0.15) is 0 Å². The summed E-state index contributed by atoms with van der Waals surface area (Å²) in [5.41, 5.74) is 0.990. The van der Waals surface area contributed by atoms with E-state index >= 15 is 0 Å². The first-order valence-corrected chi connectivity index (χ1v) is 5.53. The molecule has 1 rings (SSSR count). The normalized spacial score (nSPS) is 12.5. The molecule has 1 unspecified atom stereocenters. The van der Waals surface area contributed by atoms with Gasteiger partial charge in [0.15, 0.2) is 0 Å². The van der Waals surface area contributed by atoms with Crippen LogP contribution in [-0.2, 0) is 4.74 Å². The lowest BCUT2D eigenvalue weighted by Gasteiger charge is -2.14. The molecule has 0 fully saturated rings. The van der Waals surface area contributed by atoms with Crippen molar-refractivity contribution in [2.45, 2.75) is 4.11 Å². The highest BCUT2D eigenvalue weighted by atomic mass is 127. The molecule has 78 valence electrons. The fourth-order valence-corrected chi connectivity index (χ4v) is 1.87. The van der Waals surface area contributed by atoms with E-state index in [1.165, 1.54) is 0 Å². The third-order valence-electron chi connectivity index (χ3n) is 1.74. The highest BCUT2D eigenvalue weighted by Crippen LogP contribution is 2.31. The van der Waals surface area contributed by atoms with Gasteiger partial charge in [-0.3, -0.25) is 0 Å². The van der Waals surface area contributed by atoms with Gasteiger partial charge in [-0.1, -0.05) is 18.2 Å². The number of alkyl halides is 1. The summed E-state index contributed by atoms with van der Waals surface area (Å²) in [5.74, 6) is 0.810. The molecule has 0 saturated heterocycles. The summed E-state index contributed by atoms with van der Waals surface area (Å²) >= 11 is 2.17. The van der Waals surface area contributed by atoms with Crippen LogP contribution in [0.15, 0.2) is 24.3 Å². The van der Waals surface area contributed by atoms with Gasteiger partial charge in [0.1, 0.15) is 9.86 Å². The first-order valence-electron chi connectivity index (χ1n) is 4.29. The maximum Gasteiger partial charge on any atom is 0.137 e. The molecule has 0 aromatic heterocycles. The van der Waals surface area contributed by atoms with Gasteiger partial charge in [0.05, 0.1) is 20.3 Å². The number of ether oxygens (including phenoxy) is 2. The molecule has 0 aliphatic heterocycles. The van der Waals surface area contributed by atoms with E-state index in [4.69, 9.17) is 14.6 Å². The summed E-state index contributed by atoms with van der Waals surface area (Å²) < 4.78 is 10.5. The maximum absolute atomic E-state index is 8.63. The van der Waals surface area contributed by atoms with E-state index in [0.717, 1.165) is 11.3 Å². The number of aliphatic hydroxyl groups excluding tert-OH is 1. The van der Waals surface area contributed by atoms with Gasteiger partial charge < -0.3 is 14.6 Å².